The standard InChI is InChI=1S/C20H21NO4/c1-11-13-3-4-16(22)20(23-2)15(13)9-21-6-5-12-7-17-18(25-10-24-17)8-14(12)19(11)21/h3-4,7-8,11,19,22H,5-6,9-10H2,1-2H3/t11-,19-/m0/s1. The van der Waals surface area contributed by atoms with E-state index in [9.17, 15) is 5.11 Å². The van der Waals surface area contributed by atoms with Gasteiger partial charge in [-0.15, -0.1) is 0 Å². The molecular formula is C20H21NO4. The van der Waals surface area contributed by atoms with Crippen LogP contribution in [0.1, 0.15) is 41.1 Å². The highest BCUT2D eigenvalue weighted by molar-refractivity contribution is 5.56. The Morgan fingerprint density at radius 1 is 1.16 bits per heavy atom. The Hall–Kier alpha value is -2.40. The smallest absolute Gasteiger partial charge is 0.231 e. The fourth-order valence-corrected chi connectivity index (χ4v) is 4.68. The zero-order valence-corrected chi connectivity index (χ0v) is 14.4. The highest BCUT2D eigenvalue weighted by atomic mass is 16.7. The molecule has 0 fully saturated rings. The molecule has 25 heavy (non-hydrogen) atoms. The Morgan fingerprint density at radius 2 is 1.96 bits per heavy atom. The summed E-state index contributed by atoms with van der Waals surface area (Å²) in [4.78, 5) is 2.49. The number of phenolic OH excluding ortho intramolecular Hbond substituents is 1. The van der Waals surface area contributed by atoms with Crippen molar-refractivity contribution in [3.63, 3.8) is 0 Å². The summed E-state index contributed by atoms with van der Waals surface area (Å²) in [6, 6.07) is 8.39. The second kappa shape index (κ2) is 5.30. The van der Waals surface area contributed by atoms with E-state index in [2.05, 4.69) is 24.0 Å². The maximum atomic E-state index is 10.1. The Balaban J connectivity index is 1.64. The van der Waals surface area contributed by atoms with Gasteiger partial charge in [0.2, 0.25) is 6.79 Å². The van der Waals surface area contributed by atoms with Gasteiger partial charge in [0.25, 0.3) is 0 Å². The number of methoxy groups -OCH3 is 1. The van der Waals surface area contributed by atoms with Gasteiger partial charge in [0.15, 0.2) is 23.0 Å². The molecule has 1 N–H and O–H groups in total. The van der Waals surface area contributed by atoms with Crippen LogP contribution in [0.4, 0.5) is 0 Å². The molecule has 0 spiro atoms. The van der Waals surface area contributed by atoms with Crippen molar-refractivity contribution in [1.82, 2.24) is 4.90 Å². The van der Waals surface area contributed by atoms with Gasteiger partial charge >= 0.3 is 0 Å². The number of hydrogen-bond donors (Lipinski definition) is 1. The summed E-state index contributed by atoms with van der Waals surface area (Å²) in [6.07, 6.45) is 0.992. The van der Waals surface area contributed by atoms with Gasteiger partial charge in [-0.25, -0.2) is 0 Å². The second-order valence-electron chi connectivity index (χ2n) is 7.04. The van der Waals surface area contributed by atoms with Gasteiger partial charge < -0.3 is 19.3 Å². The fraction of sp³-hybridized carbons (Fsp3) is 0.400. The third-order valence-corrected chi connectivity index (χ3v) is 5.82. The van der Waals surface area contributed by atoms with Crippen molar-refractivity contribution in [1.29, 1.82) is 0 Å². The number of nitrogens with zero attached hydrogens (tertiary/aromatic N) is 1. The van der Waals surface area contributed by atoms with Gasteiger partial charge in [-0.05, 0) is 41.3 Å². The van der Waals surface area contributed by atoms with Gasteiger partial charge in [0.1, 0.15) is 0 Å². The van der Waals surface area contributed by atoms with Crippen molar-refractivity contribution in [3.8, 4) is 23.0 Å². The average Bonchev–Trinajstić information content (AvgIpc) is 3.07. The Labute approximate surface area is 146 Å². The van der Waals surface area contributed by atoms with Gasteiger partial charge in [-0.3, -0.25) is 4.90 Å². The molecule has 2 aromatic carbocycles. The van der Waals surface area contributed by atoms with E-state index >= 15 is 0 Å². The predicted octanol–water partition coefficient (Wildman–Crippen LogP) is 3.35. The molecule has 0 unspecified atom stereocenters. The normalized spacial score (nSPS) is 23.6. The van der Waals surface area contributed by atoms with Gasteiger partial charge in [-0.1, -0.05) is 13.0 Å². The molecule has 5 nitrogen and oxygen atoms in total. The molecule has 130 valence electrons. The Bertz CT molecular complexity index is 863. The summed E-state index contributed by atoms with van der Waals surface area (Å²) in [7, 11) is 1.62. The molecule has 3 aliphatic heterocycles. The molecule has 5 rings (SSSR count). The summed E-state index contributed by atoms with van der Waals surface area (Å²) >= 11 is 0. The average molecular weight is 339 g/mol. The van der Waals surface area contributed by atoms with Crippen LogP contribution in [0.5, 0.6) is 23.0 Å². The summed E-state index contributed by atoms with van der Waals surface area (Å²) in [6.45, 7) is 4.34. The first-order valence-corrected chi connectivity index (χ1v) is 8.72. The van der Waals surface area contributed by atoms with E-state index in [-0.39, 0.29) is 5.75 Å². The molecule has 0 saturated heterocycles. The fourth-order valence-electron chi connectivity index (χ4n) is 4.68. The van der Waals surface area contributed by atoms with E-state index in [0.717, 1.165) is 36.6 Å². The molecule has 0 bridgehead atoms. The summed E-state index contributed by atoms with van der Waals surface area (Å²) < 4.78 is 16.6. The minimum atomic E-state index is 0.215. The van der Waals surface area contributed by atoms with E-state index in [1.165, 1.54) is 16.7 Å². The van der Waals surface area contributed by atoms with Crippen LogP contribution in [0.2, 0.25) is 0 Å². The van der Waals surface area contributed by atoms with Crippen LogP contribution >= 0.6 is 0 Å². The SMILES string of the molecule is COc1c(O)ccc2c1CN1CCc3cc4c(cc3[C@@H]1[C@H]2C)OCO4. The lowest BCUT2D eigenvalue weighted by molar-refractivity contribution is 0.136. The first kappa shape index (κ1) is 14.9. The summed E-state index contributed by atoms with van der Waals surface area (Å²) in [5.41, 5.74) is 5.05. The quantitative estimate of drug-likeness (QED) is 0.863. The third-order valence-electron chi connectivity index (χ3n) is 5.82. The van der Waals surface area contributed by atoms with E-state index in [1.807, 2.05) is 6.07 Å². The van der Waals surface area contributed by atoms with Crippen LogP contribution in [-0.4, -0.2) is 30.5 Å². The van der Waals surface area contributed by atoms with Gasteiger partial charge in [-0.2, -0.15) is 0 Å². The molecule has 3 aliphatic rings. The molecule has 3 heterocycles. The van der Waals surface area contributed by atoms with Crippen molar-refractivity contribution >= 4 is 0 Å². The van der Waals surface area contributed by atoms with Crippen molar-refractivity contribution in [2.45, 2.75) is 31.8 Å². The molecule has 0 radical (unpaired) electrons. The molecule has 2 atom stereocenters. The van der Waals surface area contributed by atoms with E-state index in [0.29, 0.717) is 24.5 Å². The summed E-state index contributed by atoms with van der Waals surface area (Å²) in [5.74, 6) is 2.84. The number of aromatic hydroxyl groups is 1. The number of fused-ring (bicyclic) bond motifs is 5. The molecule has 0 amide bonds. The lowest BCUT2D eigenvalue weighted by atomic mass is 9.77. The number of ether oxygens (including phenoxy) is 3. The monoisotopic (exact) mass is 339 g/mol. The Morgan fingerprint density at radius 3 is 2.76 bits per heavy atom. The van der Waals surface area contributed by atoms with Crippen LogP contribution in [0.3, 0.4) is 0 Å². The largest absolute Gasteiger partial charge is 0.504 e. The molecule has 0 aromatic heterocycles. The van der Waals surface area contributed by atoms with Crippen molar-refractivity contribution in [2.75, 3.05) is 20.4 Å². The molecular weight excluding hydrogens is 318 g/mol. The molecule has 0 aliphatic carbocycles. The zero-order chi connectivity index (χ0) is 17.1. The maximum Gasteiger partial charge on any atom is 0.231 e. The topological polar surface area (TPSA) is 51.2 Å². The highest BCUT2D eigenvalue weighted by Crippen LogP contribution is 2.51. The first-order valence-electron chi connectivity index (χ1n) is 8.72. The number of hydrogen-bond acceptors (Lipinski definition) is 5. The van der Waals surface area contributed by atoms with E-state index in [1.54, 1.807) is 13.2 Å². The second-order valence-corrected chi connectivity index (χ2v) is 7.04. The molecule has 0 saturated carbocycles. The van der Waals surface area contributed by atoms with Crippen molar-refractivity contribution in [3.05, 3.63) is 46.5 Å². The third kappa shape index (κ3) is 2.05. The number of phenols is 1. The molecule has 2 aromatic rings. The van der Waals surface area contributed by atoms with E-state index < -0.39 is 0 Å². The van der Waals surface area contributed by atoms with Crippen LogP contribution < -0.4 is 14.2 Å². The van der Waals surface area contributed by atoms with Crippen molar-refractivity contribution in [2.24, 2.45) is 0 Å². The van der Waals surface area contributed by atoms with E-state index in [4.69, 9.17) is 14.2 Å². The van der Waals surface area contributed by atoms with Gasteiger partial charge in [0.05, 0.1) is 7.11 Å². The summed E-state index contributed by atoms with van der Waals surface area (Å²) in [5, 5.41) is 10.1. The maximum absolute atomic E-state index is 10.1. The lowest BCUT2D eigenvalue weighted by Gasteiger charge is -2.45. The van der Waals surface area contributed by atoms with Crippen LogP contribution in [0, 0.1) is 0 Å². The van der Waals surface area contributed by atoms with Crippen LogP contribution in [-0.2, 0) is 13.0 Å². The van der Waals surface area contributed by atoms with Crippen LogP contribution in [0.15, 0.2) is 24.3 Å². The molecule has 5 heteroatoms. The Kier molecular flexibility index (Phi) is 3.16. The lowest BCUT2D eigenvalue weighted by Crippen LogP contribution is -2.41. The first-order chi connectivity index (χ1) is 12.2. The number of benzene rings is 2. The zero-order valence-electron chi connectivity index (χ0n) is 14.4. The highest BCUT2D eigenvalue weighted by Gasteiger charge is 2.39. The van der Waals surface area contributed by atoms with Crippen LogP contribution in [0.25, 0.3) is 0 Å². The minimum absolute atomic E-state index is 0.215. The van der Waals surface area contributed by atoms with Crippen molar-refractivity contribution < 1.29 is 19.3 Å². The number of rotatable bonds is 1. The van der Waals surface area contributed by atoms with Gasteiger partial charge in [0, 0.05) is 30.6 Å². The predicted molar refractivity (Wildman–Crippen MR) is 92.5 cm³/mol. The minimum Gasteiger partial charge on any atom is -0.504 e.